The van der Waals surface area contributed by atoms with E-state index in [9.17, 15) is 4.79 Å². The number of carbonyl (C=O) groups excluding carboxylic acids is 1. The van der Waals surface area contributed by atoms with E-state index in [1.54, 1.807) is 12.4 Å². The van der Waals surface area contributed by atoms with Crippen LogP contribution in [0.1, 0.15) is 25.8 Å². The molecule has 1 amide bonds. The minimum Gasteiger partial charge on any atom is -0.394 e. The van der Waals surface area contributed by atoms with Crippen LogP contribution in [0.5, 0.6) is 0 Å². The summed E-state index contributed by atoms with van der Waals surface area (Å²) >= 11 is 0. The zero-order chi connectivity index (χ0) is 12.7. The van der Waals surface area contributed by atoms with Crippen LogP contribution < -0.4 is 5.32 Å². The van der Waals surface area contributed by atoms with Crippen LogP contribution in [0.15, 0.2) is 24.5 Å². The molecular weight excluding hydrogens is 216 g/mol. The van der Waals surface area contributed by atoms with Crippen molar-refractivity contribution < 1.29 is 9.90 Å². The minimum absolute atomic E-state index is 0.0176. The van der Waals surface area contributed by atoms with Gasteiger partial charge in [-0.1, -0.05) is 19.9 Å². The highest BCUT2D eigenvalue weighted by molar-refractivity contribution is 5.76. The molecule has 0 unspecified atom stereocenters. The Bertz CT molecular complexity index is 339. The van der Waals surface area contributed by atoms with Crippen molar-refractivity contribution in [1.29, 1.82) is 0 Å². The SMILES string of the molecule is CC(C)[C@@H](CO)NC(=O)CCc1cccnc1. The van der Waals surface area contributed by atoms with Gasteiger partial charge < -0.3 is 10.4 Å². The third-order valence-electron chi connectivity index (χ3n) is 2.71. The topological polar surface area (TPSA) is 62.2 Å². The van der Waals surface area contributed by atoms with Crippen molar-refractivity contribution in [3.8, 4) is 0 Å². The molecule has 4 nitrogen and oxygen atoms in total. The van der Waals surface area contributed by atoms with Crippen LogP contribution in [-0.4, -0.2) is 28.6 Å². The lowest BCUT2D eigenvalue weighted by atomic mass is 10.0. The van der Waals surface area contributed by atoms with Gasteiger partial charge in [0.25, 0.3) is 0 Å². The Hall–Kier alpha value is -1.42. The Labute approximate surface area is 102 Å². The summed E-state index contributed by atoms with van der Waals surface area (Å²) in [5, 5.41) is 11.9. The van der Waals surface area contributed by atoms with Crippen LogP contribution in [0.4, 0.5) is 0 Å². The minimum atomic E-state index is -0.156. The molecular formula is C13H20N2O2. The molecule has 0 saturated carbocycles. The number of aromatic nitrogens is 1. The highest BCUT2D eigenvalue weighted by Crippen LogP contribution is 2.03. The van der Waals surface area contributed by atoms with Crippen molar-refractivity contribution in [2.24, 2.45) is 5.92 Å². The van der Waals surface area contributed by atoms with Crippen LogP contribution in [0, 0.1) is 5.92 Å². The van der Waals surface area contributed by atoms with Gasteiger partial charge in [0.1, 0.15) is 0 Å². The molecule has 0 bridgehead atoms. The molecule has 1 aromatic rings. The van der Waals surface area contributed by atoms with E-state index in [4.69, 9.17) is 5.11 Å². The number of nitrogens with zero attached hydrogens (tertiary/aromatic N) is 1. The predicted octanol–water partition coefficient (Wildman–Crippen LogP) is 1.15. The molecule has 1 atom stereocenters. The van der Waals surface area contributed by atoms with Gasteiger partial charge in [0.2, 0.25) is 5.91 Å². The fourth-order valence-electron chi connectivity index (χ4n) is 1.51. The fourth-order valence-corrected chi connectivity index (χ4v) is 1.51. The fraction of sp³-hybridized carbons (Fsp3) is 0.538. The van der Waals surface area contributed by atoms with Crippen LogP contribution in [0.25, 0.3) is 0 Å². The van der Waals surface area contributed by atoms with Crippen molar-refractivity contribution in [1.82, 2.24) is 10.3 Å². The number of rotatable bonds is 6. The summed E-state index contributed by atoms with van der Waals surface area (Å²) in [5.74, 6) is 0.212. The van der Waals surface area contributed by atoms with Crippen LogP contribution >= 0.6 is 0 Å². The van der Waals surface area contributed by atoms with E-state index in [2.05, 4.69) is 10.3 Å². The molecule has 1 aromatic heterocycles. The lowest BCUT2D eigenvalue weighted by Crippen LogP contribution is -2.41. The van der Waals surface area contributed by atoms with Gasteiger partial charge in [0, 0.05) is 18.8 Å². The zero-order valence-corrected chi connectivity index (χ0v) is 10.4. The second-order valence-electron chi connectivity index (χ2n) is 4.46. The maximum atomic E-state index is 11.6. The molecule has 17 heavy (non-hydrogen) atoms. The van der Waals surface area contributed by atoms with Crippen LogP contribution in [0.3, 0.4) is 0 Å². The summed E-state index contributed by atoms with van der Waals surface area (Å²) in [7, 11) is 0. The Morgan fingerprint density at radius 2 is 2.29 bits per heavy atom. The molecule has 0 fully saturated rings. The average Bonchev–Trinajstić information content (AvgIpc) is 2.34. The first-order valence-corrected chi connectivity index (χ1v) is 5.92. The van der Waals surface area contributed by atoms with Gasteiger partial charge in [-0.25, -0.2) is 0 Å². The van der Waals surface area contributed by atoms with Gasteiger partial charge in [-0.3, -0.25) is 9.78 Å². The Balaban J connectivity index is 2.35. The largest absolute Gasteiger partial charge is 0.394 e. The monoisotopic (exact) mass is 236 g/mol. The Morgan fingerprint density at radius 3 is 2.82 bits per heavy atom. The number of hydrogen-bond acceptors (Lipinski definition) is 3. The zero-order valence-electron chi connectivity index (χ0n) is 10.4. The molecule has 0 spiro atoms. The van der Waals surface area contributed by atoms with Crippen molar-refractivity contribution in [3.63, 3.8) is 0 Å². The number of amides is 1. The van der Waals surface area contributed by atoms with Gasteiger partial charge in [0.15, 0.2) is 0 Å². The number of carbonyl (C=O) groups is 1. The summed E-state index contributed by atoms with van der Waals surface area (Å²) in [6, 6.07) is 3.65. The highest BCUT2D eigenvalue weighted by Gasteiger charge is 2.14. The van der Waals surface area contributed by atoms with E-state index < -0.39 is 0 Å². The van der Waals surface area contributed by atoms with E-state index in [1.165, 1.54) is 0 Å². The molecule has 4 heteroatoms. The quantitative estimate of drug-likeness (QED) is 0.778. The second-order valence-corrected chi connectivity index (χ2v) is 4.46. The second kappa shape index (κ2) is 7.01. The molecule has 2 N–H and O–H groups in total. The molecule has 0 aliphatic heterocycles. The first-order valence-electron chi connectivity index (χ1n) is 5.92. The Morgan fingerprint density at radius 1 is 1.53 bits per heavy atom. The number of pyridine rings is 1. The number of hydrogen-bond donors (Lipinski definition) is 2. The average molecular weight is 236 g/mol. The summed E-state index contributed by atoms with van der Waals surface area (Å²) in [6.45, 7) is 3.93. The molecule has 1 heterocycles. The molecule has 0 aromatic carbocycles. The smallest absolute Gasteiger partial charge is 0.220 e. The lowest BCUT2D eigenvalue weighted by Gasteiger charge is -2.19. The first-order chi connectivity index (χ1) is 8.13. The van der Waals surface area contributed by atoms with Crippen molar-refractivity contribution >= 4 is 5.91 Å². The molecule has 0 saturated heterocycles. The van der Waals surface area contributed by atoms with E-state index >= 15 is 0 Å². The maximum Gasteiger partial charge on any atom is 0.220 e. The third kappa shape index (κ3) is 4.95. The van der Waals surface area contributed by atoms with Gasteiger partial charge in [-0.2, -0.15) is 0 Å². The number of aliphatic hydroxyl groups is 1. The molecule has 0 radical (unpaired) electrons. The van der Waals surface area contributed by atoms with Crippen LogP contribution in [-0.2, 0) is 11.2 Å². The van der Waals surface area contributed by atoms with Gasteiger partial charge in [0.05, 0.1) is 12.6 Å². The molecule has 0 aliphatic carbocycles. The van der Waals surface area contributed by atoms with E-state index in [1.807, 2.05) is 26.0 Å². The van der Waals surface area contributed by atoms with Crippen LogP contribution in [0.2, 0.25) is 0 Å². The number of aliphatic hydroxyl groups excluding tert-OH is 1. The van der Waals surface area contributed by atoms with Gasteiger partial charge in [-0.05, 0) is 24.0 Å². The summed E-state index contributed by atoms with van der Waals surface area (Å²) in [4.78, 5) is 15.6. The van der Waals surface area contributed by atoms with E-state index in [-0.39, 0.29) is 24.5 Å². The van der Waals surface area contributed by atoms with Crippen molar-refractivity contribution in [2.75, 3.05) is 6.61 Å². The summed E-state index contributed by atoms with van der Waals surface area (Å²) in [6.07, 6.45) is 4.58. The highest BCUT2D eigenvalue weighted by atomic mass is 16.3. The normalized spacial score (nSPS) is 12.5. The first kappa shape index (κ1) is 13.6. The molecule has 1 rings (SSSR count). The summed E-state index contributed by atoms with van der Waals surface area (Å²) < 4.78 is 0. The van der Waals surface area contributed by atoms with Crippen molar-refractivity contribution in [3.05, 3.63) is 30.1 Å². The van der Waals surface area contributed by atoms with Gasteiger partial charge >= 0.3 is 0 Å². The Kier molecular flexibility index (Phi) is 5.63. The predicted molar refractivity (Wildman–Crippen MR) is 66.4 cm³/mol. The number of nitrogens with one attached hydrogen (secondary N) is 1. The van der Waals surface area contributed by atoms with E-state index in [0.717, 1.165) is 5.56 Å². The summed E-state index contributed by atoms with van der Waals surface area (Å²) in [5.41, 5.74) is 1.05. The molecule has 0 aliphatic rings. The lowest BCUT2D eigenvalue weighted by molar-refractivity contribution is -0.122. The van der Waals surface area contributed by atoms with Crippen molar-refractivity contribution in [2.45, 2.75) is 32.7 Å². The maximum absolute atomic E-state index is 11.6. The molecule has 94 valence electrons. The van der Waals surface area contributed by atoms with Gasteiger partial charge in [-0.15, -0.1) is 0 Å². The third-order valence-corrected chi connectivity index (χ3v) is 2.71. The number of aryl methyl sites for hydroxylation is 1. The standard InChI is InChI=1S/C13H20N2O2/c1-10(2)12(9-16)15-13(17)6-5-11-4-3-7-14-8-11/h3-4,7-8,10,12,16H,5-6,9H2,1-2H3,(H,15,17)/t12-/m1/s1. The van der Waals surface area contributed by atoms with E-state index in [0.29, 0.717) is 12.8 Å².